The molecule has 0 saturated heterocycles. The SMILES string of the molecule is CC(C)(C)c1cc(/C=C/c2ccccc2NC(=O)NC23CC4CC(CC(C4)C2)C3)cc(C(C)(C)C)c1O. The third-order valence-corrected chi connectivity index (χ3v) is 8.83. The van der Waals surface area contributed by atoms with Crippen LogP contribution in [0.15, 0.2) is 36.4 Å². The lowest BCUT2D eigenvalue weighted by Crippen LogP contribution is -2.60. The van der Waals surface area contributed by atoms with Crippen molar-refractivity contribution in [3.63, 3.8) is 0 Å². The first kappa shape index (κ1) is 25.9. The van der Waals surface area contributed by atoms with E-state index in [9.17, 15) is 9.90 Å². The molecule has 0 atom stereocenters. The van der Waals surface area contributed by atoms with Crippen LogP contribution in [0, 0.1) is 17.8 Å². The molecule has 4 aliphatic carbocycles. The van der Waals surface area contributed by atoms with Crippen molar-refractivity contribution in [2.24, 2.45) is 17.8 Å². The van der Waals surface area contributed by atoms with Crippen LogP contribution >= 0.6 is 0 Å². The van der Waals surface area contributed by atoms with E-state index in [1.54, 1.807) is 0 Å². The molecule has 4 heteroatoms. The van der Waals surface area contributed by atoms with Gasteiger partial charge >= 0.3 is 6.03 Å². The van der Waals surface area contributed by atoms with Gasteiger partial charge in [0.05, 0.1) is 0 Å². The van der Waals surface area contributed by atoms with Crippen molar-refractivity contribution < 1.29 is 9.90 Å². The van der Waals surface area contributed by atoms with Gasteiger partial charge in [0.2, 0.25) is 0 Å². The fourth-order valence-electron chi connectivity index (χ4n) is 7.50. The van der Waals surface area contributed by atoms with Gasteiger partial charge in [0.1, 0.15) is 5.75 Å². The van der Waals surface area contributed by atoms with Crippen LogP contribution in [0.25, 0.3) is 12.2 Å². The smallest absolute Gasteiger partial charge is 0.319 e. The van der Waals surface area contributed by atoms with Crippen molar-refractivity contribution >= 4 is 23.9 Å². The van der Waals surface area contributed by atoms with Gasteiger partial charge in [0.15, 0.2) is 0 Å². The van der Waals surface area contributed by atoms with Crippen LogP contribution in [-0.2, 0) is 10.8 Å². The fraction of sp³-hybridized carbons (Fsp3) is 0.545. The van der Waals surface area contributed by atoms with E-state index in [0.29, 0.717) is 5.75 Å². The maximum Gasteiger partial charge on any atom is 0.319 e. The maximum absolute atomic E-state index is 13.2. The molecule has 4 bridgehead atoms. The first-order chi connectivity index (χ1) is 17.3. The van der Waals surface area contributed by atoms with E-state index >= 15 is 0 Å². The first-order valence-corrected chi connectivity index (χ1v) is 14.1. The van der Waals surface area contributed by atoms with Gasteiger partial charge < -0.3 is 15.7 Å². The van der Waals surface area contributed by atoms with Gasteiger partial charge in [-0.3, -0.25) is 0 Å². The highest BCUT2D eigenvalue weighted by atomic mass is 16.3. The number of aromatic hydroxyl groups is 1. The fourth-order valence-corrected chi connectivity index (χ4v) is 7.50. The average molecular weight is 501 g/mol. The Labute approximate surface area is 223 Å². The molecule has 2 amide bonds. The van der Waals surface area contributed by atoms with Crippen LogP contribution in [0.4, 0.5) is 10.5 Å². The molecular formula is C33H44N2O2. The zero-order valence-electron chi connectivity index (χ0n) is 23.4. The van der Waals surface area contributed by atoms with Crippen LogP contribution < -0.4 is 10.6 Å². The van der Waals surface area contributed by atoms with Crippen LogP contribution in [0.5, 0.6) is 5.75 Å². The van der Waals surface area contributed by atoms with Crippen molar-refractivity contribution in [2.45, 2.75) is 96.4 Å². The molecule has 37 heavy (non-hydrogen) atoms. The molecule has 2 aromatic rings. The second-order valence-electron chi connectivity index (χ2n) is 14.2. The molecule has 4 nitrogen and oxygen atoms in total. The molecule has 0 aliphatic heterocycles. The van der Waals surface area contributed by atoms with E-state index in [1.807, 2.05) is 24.3 Å². The van der Waals surface area contributed by atoms with Crippen molar-refractivity contribution in [2.75, 3.05) is 5.32 Å². The lowest BCUT2D eigenvalue weighted by molar-refractivity contribution is -0.0127. The second-order valence-corrected chi connectivity index (χ2v) is 14.2. The highest BCUT2D eigenvalue weighted by Crippen LogP contribution is 2.55. The number of phenols is 1. The Morgan fingerprint density at radius 1 is 0.865 bits per heavy atom. The minimum absolute atomic E-state index is 0.0115. The summed E-state index contributed by atoms with van der Waals surface area (Å²) >= 11 is 0. The molecule has 4 saturated carbocycles. The number of benzene rings is 2. The number of phenolic OH excluding ortho intramolecular Hbond substituents is 1. The standard InChI is InChI=1S/C33H44N2O2/c1-31(2,3)26-16-21(17-27(29(26)36)32(4,5)6)11-12-25-9-7-8-10-28(25)34-30(37)35-33-18-22-13-23(19-33)15-24(14-22)20-33/h7-12,16-17,22-24,36H,13-15,18-20H2,1-6H3,(H2,34,35,37)/b12-11+. The van der Waals surface area contributed by atoms with E-state index in [1.165, 1.54) is 19.3 Å². The maximum atomic E-state index is 13.2. The lowest BCUT2D eigenvalue weighted by Gasteiger charge is -2.56. The number of carbonyl (C=O) groups is 1. The highest BCUT2D eigenvalue weighted by Gasteiger charge is 2.51. The van der Waals surface area contributed by atoms with Gasteiger partial charge in [-0.1, -0.05) is 71.9 Å². The van der Waals surface area contributed by atoms with Gasteiger partial charge in [-0.25, -0.2) is 4.79 Å². The van der Waals surface area contributed by atoms with Crippen LogP contribution in [0.3, 0.4) is 0 Å². The Hall–Kier alpha value is -2.75. The summed E-state index contributed by atoms with van der Waals surface area (Å²) in [6.07, 6.45) is 11.7. The molecule has 0 aromatic heterocycles. The lowest BCUT2D eigenvalue weighted by atomic mass is 9.53. The van der Waals surface area contributed by atoms with Crippen molar-refractivity contribution in [3.8, 4) is 5.75 Å². The van der Waals surface area contributed by atoms with E-state index < -0.39 is 0 Å². The van der Waals surface area contributed by atoms with Gasteiger partial charge in [-0.15, -0.1) is 0 Å². The summed E-state index contributed by atoms with van der Waals surface area (Å²) in [6.45, 7) is 12.8. The van der Waals surface area contributed by atoms with E-state index in [-0.39, 0.29) is 22.4 Å². The average Bonchev–Trinajstić information content (AvgIpc) is 2.76. The van der Waals surface area contributed by atoms with Gasteiger partial charge in [0, 0.05) is 22.4 Å². The molecule has 4 aliphatic rings. The molecule has 0 heterocycles. The monoisotopic (exact) mass is 500 g/mol. The number of carbonyl (C=O) groups excluding carboxylic acids is 1. The first-order valence-electron chi connectivity index (χ1n) is 14.1. The van der Waals surface area contributed by atoms with E-state index in [0.717, 1.165) is 65.0 Å². The summed E-state index contributed by atoms with van der Waals surface area (Å²) in [5, 5.41) is 17.6. The third kappa shape index (κ3) is 5.44. The molecule has 3 N–H and O–H groups in total. The molecule has 4 fully saturated rings. The highest BCUT2D eigenvalue weighted by molar-refractivity contribution is 5.93. The number of nitrogens with one attached hydrogen (secondary N) is 2. The summed E-state index contributed by atoms with van der Waals surface area (Å²) in [6, 6.07) is 12.0. The number of amides is 2. The largest absolute Gasteiger partial charge is 0.507 e. The predicted octanol–water partition coefficient (Wildman–Crippen LogP) is 8.25. The number of urea groups is 1. The second kappa shape index (κ2) is 9.22. The molecule has 0 unspecified atom stereocenters. The van der Waals surface area contributed by atoms with Gasteiger partial charge in [-0.2, -0.15) is 0 Å². The van der Waals surface area contributed by atoms with Crippen molar-refractivity contribution in [1.29, 1.82) is 0 Å². The Morgan fingerprint density at radius 2 is 1.38 bits per heavy atom. The van der Waals surface area contributed by atoms with Crippen molar-refractivity contribution in [3.05, 3.63) is 58.7 Å². The van der Waals surface area contributed by atoms with E-state index in [2.05, 4.69) is 76.5 Å². The zero-order chi connectivity index (χ0) is 26.6. The summed E-state index contributed by atoms with van der Waals surface area (Å²) in [7, 11) is 0. The minimum atomic E-state index is -0.178. The third-order valence-electron chi connectivity index (χ3n) is 8.83. The van der Waals surface area contributed by atoms with Gasteiger partial charge in [-0.05, 0) is 96.4 Å². The molecule has 0 radical (unpaired) electrons. The number of rotatable bonds is 4. The number of hydrogen-bond acceptors (Lipinski definition) is 2. The minimum Gasteiger partial charge on any atom is -0.507 e. The van der Waals surface area contributed by atoms with Gasteiger partial charge in [0.25, 0.3) is 0 Å². The summed E-state index contributed by atoms with van der Waals surface area (Å²) in [4.78, 5) is 13.2. The quantitative estimate of drug-likeness (QED) is 0.370. The Morgan fingerprint density at radius 3 is 1.89 bits per heavy atom. The van der Waals surface area contributed by atoms with Crippen LogP contribution in [0.1, 0.15) is 102 Å². The number of hydrogen-bond donors (Lipinski definition) is 3. The molecule has 0 spiro atoms. The van der Waals surface area contributed by atoms with Crippen LogP contribution in [-0.4, -0.2) is 16.7 Å². The molecule has 2 aromatic carbocycles. The van der Waals surface area contributed by atoms with Crippen molar-refractivity contribution in [1.82, 2.24) is 5.32 Å². The number of para-hydroxylation sites is 1. The Bertz CT molecular complexity index is 1140. The van der Waals surface area contributed by atoms with Crippen LogP contribution in [0.2, 0.25) is 0 Å². The Balaban J connectivity index is 1.36. The Kier molecular flexibility index (Phi) is 6.45. The topological polar surface area (TPSA) is 61.4 Å². The molecule has 198 valence electrons. The predicted molar refractivity (Wildman–Crippen MR) is 154 cm³/mol. The zero-order valence-corrected chi connectivity index (χ0v) is 23.4. The summed E-state index contributed by atoms with van der Waals surface area (Å²) in [5.41, 5.74) is 4.34. The summed E-state index contributed by atoms with van der Waals surface area (Å²) in [5.74, 6) is 2.77. The normalized spacial score (nSPS) is 27.0. The molecule has 6 rings (SSSR count). The number of anilines is 1. The van der Waals surface area contributed by atoms with E-state index in [4.69, 9.17) is 0 Å². The summed E-state index contributed by atoms with van der Waals surface area (Å²) < 4.78 is 0. The molecular weight excluding hydrogens is 456 g/mol.